The third-order valence-corrected chi connectivity index (χ3v) is 16.4. The molecule has 1 heterocycles. The summed E-state index contributed by atoms with van der Waals surface area (Å²) in [5.74, 6) is 0. The molecule has 0 aliphatic rings. The molecule has 0 bridgehead atoms. The first-order chi connectivity index (χ1) is 34.2. The summed E-state index contributed by atoms with van der Waals surface area (Å²) in [6.45, 7) is 2.28. The third kappa shape index (κ3) is 6.48. The van der Waals surface area contributed by atoms with Gasteiger partial charge in [-0.05, 0) is 180 Å². The van der Waals surface area contributed by atoms with Gasteiger partial charge in [0.05, 0.1) is 0 Å². The van der Waals surface area contributed by atoms with Gasteiger partial charge < -0.3 is 0 Å². The highest BCUT2D eigenvalue weighted by atomic mass is 32.1. The van der Waals surface area contributed by atoms with Crippen LogP contribution in [0, 0.1) is 0 Å². The molecule has 0 N–H and O–H groups in total. The van der Waals surface area contributed by atoms with Gasteiger partial charge in [0.25, 0.3) is 0 Å². The Labute approximate surface area is 405 Å². The summed E-state index contributed by atoms with van der Waals surface area (Å²) in [5.41, 5.74) is 8.98. The van der Waals surface area contributed by atoms with Gasteiger partial charge in [-0.1, -0.05) is 196 Å². The molecule has 0 unspecified atom stereocenters. The lowest BCUT2D eigenvalue weighted by Gasteiger charge is -2.18. The van der Waals surface area contributed by atoms with Crippen molar-refractivity contribution >= 4 is 118 Å². The minimum Gasteiger partial charge on any atom is -0.135 e. The van der Waals surface area contributed by atoms with Crippen molar-refractivity contribution in [2.24, 2.45) is 0 Å². The average molecular weight is 897 g/mol. The second-order valence-electron chi connectivity index (χ2n) is 19.2. The van der Waals surface area contributed by atoms with Crippen LogP contribution in [0.25, 0.3) is 140 Å². The van der Waals surface area contributed by atoms with Crippen molar-refractivity contribution < 1.29 is 0 Å². The summed E-state index contributed by atoms with van der Waals surface area (Å²) < 4.78 is 2.67. The van der Waals surface area contributed by atoms with Gasteiger partial charge in [0, 0.05) is 20.2 Å². The van der Waals surface area contributed by atoms with Crippen molar-refractivity contribution in [2.45, 2.75) is 39.0 Å². The highest BCUT2D eigenvalue weighted by Gasteiger charge is 2.19. The Balaban J connectivity index is 1.01. The Morgan fingerprint density at radius 3 is 1.57 bits per heavy atom. The van der Waals surface area contributed by atoms with Crippen LogP contribution < -0.4 is 0 Å². The van der Waals surface area contributed by atoms with E-state index in [-0.39, 0.29) is 0 Å². The monoisotopic (exact) mass is 896 g/mol. The van der Waals surface area contributed by atoms with Crippen LogP contribution in [-0.4, -0.2) is 0 Å². The fourth-order valence-corrected chi connectivity index (χ4v) is 13.0. The van der Waals surface area contributed by atoms with E-state index in [2.05, 4.69) is 219 Å². The molecule has 0 saturated carbocycles. The van der Waals surface area contributed by atoms with E-state index < -0.39 is 0 Å². The minimum atomic E-state index is 1.14. The molecular formula is C68H48S. The van der Waals surface area contributed by atoms with E-state index >= 15 is 0 Å². The molecule has 69 heavy (non-hydrogen) atoms. The van der Waals surface area contributed by atoms with Gasteiger partial charge in [-0.25, -0.2) is 0 Å². The lowest BCUT2D eigenvalue weighted by molar-refractivity contribution is 0.667. The van der Waals surface area contributed by atoms with Crippen LogP contribution in [0.2, 0.25) is 0 Å². The topological polar surface area (TPSA) is 0 Å². The second kappa shape index (κ2) is 16.2. The highest BCUT2D eigenvalue weighted by Crippen LogP contribution is 2.47. The number of thiophene rings is 1. The van der Waals surface area contributed by atoms with E-state index in [0.29, 0.717) is 0 Å². The van der Waals surface area contributed by atoms with Gasteiger partial charge in [-0.15, -0.1) is 11.3 Å². The molecule has 326 valence electrons. The van der Waals surface area contributed by atoms with Crippen LogP contribution in [0.5, 0.6) is 0 Å². The molecule has 0 radical (unpaired) electrons. The Hall–Kier alpha value is -7.84. The quantitative estimate of drug-likeness (QED) is 0.105. The van der Waals surface area contributed by atoms with Gasteiger partial charge in [0.1, 0.15) is 0 Å². The summed E-state index contributed by atoms with van der Waals surface area (Å²) in [7, 11) is 0. The van der Waals surface area contributed by atoms with Crippen LogP contribution in [-0.2, 0) is 6.42 Å². The maximum atomic E-state index is 2.51. The SMILES string of the molecule is CCCCCCc1ccc(-c2ccc3c(c2)c2cc(-c4cc5c6ccccc6c(-c6cccc7ccccc67)cc5c5ccccc45)ccc2c2cc4sc5ccc6ccccc6c5c4cc32)cc1. The molecule has 0 aliphatic heterocycles. The zero-order valence-electron chi connectivity index (χ0n) is 38.7. The summed E-state index contributed by atoms with van der Waals surface area (Å²) in [6, 6.07) is 80.9. The molecule has 0 spiro atoms. The summed E-state index contributed by atoms with van der Waals surface area (Å²) in [6.07, 6.45) is 6.27. The number of rotatable bonds is 8. The van der Waals surface area contributed by atoms with Crippen LogP contribution in [0.1, 0.15) is 38.2 Å². The molecule has 14 aromatic rings. The van der Waals surface area contributed by atoms with Crippen molar-refractivity contribution in [2.75, 3.05) is 0 Å². The highest BCUT2D eigenvalue weighted by molar-refractivity contribution is 7.26. The van der Waals surface area contributed by atoms with Crippen molar-refractivity contribution in [3.05, 3.63) is 218 Å². The van der Waals surface area contributed by atoms with E-state index in [9.17, 15) is 0 Å². The molecule has 0 saturated heterocycles. The maximum absolute atomic E-state index is 2.51. The molecule has 0 fully saturated rings. The zero-order valence-corrected chi connectivity index (χ0v) is 39.5. The van der Waals surface area contributed by atoms with Gasteiger partial charge >= 0.3 is 0 Å². The summed E-state index contributed by atoms with van der Waals surface area (Å²) >= 11 is 1.92. The smallest absolute Gasteiger partial charge is 0.0362 e. The van der Waals surface area contributed by atoms with Crippen molar-refractivity contribution in [3.8, 4) is 33.4 Å². The van der Waals surface area contributed by atoms with Gasteiger partial charge in [0.2, 0.25) is 0 Å². The largest absolute Gasteiger partial charge is 0.135 e. The lowest BCUT2D eigenvalue weighted by atomic mass is 9.85. The molecule has 1 aromatic heterocycles. The van der Waals surface area contributed by atoms with Gasteiger partial charge in [0.15, 0.2) is 0 Å². The molecule has 13 aromatic carbocycles. The van der Waals surface area contributed by atoms with Crippen molar-refractivity contribution in [1.82, 2.24) is 0 Å². The van der Waals surface area contributed by atoms with E-state index in [1.165, 1.54) is 171 Å². The predicted molar refractivity (Wildman–Crippen MR) is 304 cm³/mol. The van der Waals surface area contributed by atoms with Crippen LogP contribution >= 0.6 is 11.3 Å². The van der Waals surface area contributed by atoms with E-state index in [0.717, 1.165) is 6.42 Å². The number of benzene rings is 13. The van der Waals surface area contributed by atoms with Crippen molar-refractivity contribution in [1.29, 1.82) is 0 Å². The molecular weight excluding hydrogens is 849 g/mol. The normalized spacial score (nSPS) is 12.1. The Bertz CT molecular complexity index is 4390. The first-order valence-electron chi connectivity index (χ1n) is 24.8. The number of hydrogen-bond acceptors (Lipinski definition) is 1. The van der Waals surface area contributed by atoms with Crippen LogP contribution in [0.3, 0.4) is 0 Å². The number of fused-ring (bicyclic) bond motifs is 17. The van der Waals surface area contributed by atoms with E-state index in [4.69, 9.17) is 0 Å². The maximum Gasteiger partial charge on any atom is 0.0362 e. The summed E-state index contributed by atoms with van der Waals surface area (Å²) in [4.78, 5) is 0. The Morgan fingerprint density at radius 2 is 0.826 bits per heavy atom. The number of unbranched alkanes of at least 4 members (excludes halogenated alkanes) is 3. The standard InChI is InChI=1S/C68H48S/c1-2-3-4-5-15-42-26-28-43(29-27-42)46-30-33-55-58(36-46)59-37-47(31-34-56(59)64-41-67-65(40-63(55)64)68-49-20-9-7-17-45(49)32-35-66(68)69-67)57-38-61-54-24-13-12-23-53(54)60(39-62(61)52-22-11-10-21-51(52)57)50-25-14-18-44-16-6-8-19-48(44)50/h6-14,16-41H,2-5,15H2,1H3. The van der Waals surface area contributed by atoms with Crippen LogP contribution in [0.4, 0.5) is 0 Å². The van der Waals surface area contributed by atoms with Crippen molar-refractivity contribution in [3.63, 3.8) is 0 Å². The third-order valence-electron chi connectivity index (χ3n) is 15.3. The minimum absolute atomic E-state index is 1.14. The fraction of sp³-hybridized carbons (Fsp3) is 0.0882. The van der Waals surface area contributed by atoms with Gasteiger partial charge in [-0.2, -0.15) is 0 Å². The molecule has 0 atom stereocenters. The van der Waals surface area contributed by atoms with E-state index in [1.54, 1.807) is 0 Å². The van der Waals surface area contributed by atoms with E-state index in [1.807, 2.05) is 11.3 Å². The first-order valence-corrected chi connectivity index (χ1v) is 25.6. The predicted octanol–water partition coefficient (Wildman–Crippen LogP) is 20.4. The molecule has 0 nitrogen and oxygen atoms in total. The Kier molecular flexibility index (Phi) is 9.42. The van der Waals surface area contributed by atoms with Gasteiger partial charge in [-0.3, -0.25) is 0 Å². The lowest BCUT2D eigenvalue weighted by Crippen LogP contribution is -1.90. The second-order valence-corrected chi connectivity index (χ2v) is 20.3. The fourth-order valence-electron chi connectivity index (χ4n) is 11.9. The Morgan fingerprint density at radius 1 is 0.290 bits per heavy atom. The zero-order chi connectivity index (χ0) is 45.6. The molecule has 0 aliphatic carbocycles. The molecule has 0 amide bonds. The number of aryl methyl sites for hydroxylation is 1. The first kappa shape index (κ1) is 40.2. The summed E-state index contributed by atoms with van der Waals surface area (Å²) in [5, 5.41) is 23.3. The molecule has 1 heteroatoms. The van der Waals surface area contributed by atoms with Crippen LogP contribution in [0.15, 0.2) is 212 Å². The average Bonchev–Trinajstić information content (AvgIpc) is 3.79. The molecule has 14 rings (SSSR count). The number of hydrogen-bond donors (Lipinski definition) is 0.